The third kappa shape index (κ3) is 7.52. The summed E-state index contributed by atoms with van der Waals surface area (Å²) in [5.74, 6) is 1.66. The van der Waals surface area contributed by atoms with Crippen LogP contribution in [0, 0.1) is 11.8 Å². The van der Waals surface area contributed by atoms with Crippen LogP contribution in [-0.4, -0.2) is 6.61 Å². The predicted octanol–water partition coefficient (Wildman–Crippen LogP) is 5.08. The molecule has 0 aromatic heterocycles. The van der Waals surface area contributed by atoms with Crippen LogP contribution in [0.15, 0.2) is 42.0 Å². The summed E-state index contributed by atoms with van der Waals surface area (Å²) in [6.07, 6.45) is 1.80. The first-order valence-electron chi connectivity index (χ1n) is 6.40. The molecule has 0 aliphatic carbocycles. The Morgan fingerprint density at radius 1 is 1.11 bits per heavy atom. The van der Waals surface area contributed by atoms with Gasteiger partial charge in [-0.3, -0.25) is 0 Å². The van der Waals surface area contributed by atoms with E-state index in [1.807, 2.05) is 30.3 Å². The van der Waals surface area contributed by atoms with Crippen molar-refractivity contribution in [3.63, 3.8) is 0 Å². The highest BCUT2D eigenvalue weighted by Gasteiger charge is 2.06. The Morgan fingerprint density at radius 3 is 1.83 bits per heavy atom. The van der Waals surface area contributed by atoms with Crippen LogP contribution < -0.4 is 0 Å². The molecule has 1 rings (SSSR count). The maximum atomic E-state index is 10.3. The Labute approximate surface area is 116 Å². The van der Waals surface area contributed by atoms with Gasteiger partial charge < -0.3 is 0 Å². The molecule has 0 saturated carbocycles. The summed E-state index contributed by atoms with van der Waals surface area (Å²) in [7, 11) is 0. The minimum absolute atomic E-state index is 0.0777. The van der Waals surface area contributed by atoms with Crippen LogP contribution in [-0.2, 0) is 11.0 Å². The van der Waals surface area contributed by atoms with E-state index in [2.05, 4.69) is 27.7 Å². The van der Waals surface area contributed by atoms with Gasteiger partial charge in [-0.25, -0.2) is 5.11 Å². The van der Waals surface area contributed by atoms with E-state index in [-0.39, 0.29) is 6.61 Å². The Balaban J connectivity index is 0.000000327. The molecule has 0 heterocycles. The molecule has 0 atom stereocenters. The SMILES string of the molecule is CC(C)C(=CC[O])C(C)C.ClCc1ccccc1. The highest BCUT2D eigenvalue weighted by Crippen LogP contribution is 2.18. The van der Waals surface area contributed by atoms with Gasteiger partial charge in [0.2, 0.25) is 0 Å². The largest absolute Gasteiger partial charge is 0.232 e. The molecule has 0 fully saturated rings. The molecule has 1 aromatic carbocycles. The maximum absolute atomic E-state index is 10.3. The first-order valence-corrected chi connectivity index (χ1v) is 6.94. The van der Waals surface area contributed by atoms with Gasteiger partial charge in [-0.05, 0) is 17.4 Å². The van der Waals surface area contributed by atoms with E-state index >= 15 is 0 Å². The number of rotatable bonds is 4. The number of benzene rings is 1. The minimum Gasteiger partial charge on any atom is -0.232 e. The maximum Gasteiger partial charge on any atom is 0.101 e. The second-order valence-corrected chi connectivity index (χ2v) is 5.07. The first-order chi connectivity index (χ1) is 8.52. The summed E-state index contributed by atoms with van der Waals surface area (Å²) in [6, 6.07) is 9.96. The van der Waals surface area contributed by atoms with Gasteiger partial charge >= 0.3 is 0 Å². The van der Waals surface area contributed by atoms with E-state index in [4.69, 9.17) is 11.6 Å². The van der Waals surface area contributed by atoms with Crippen LogP contribution in [0.1, 0.15) is 33.3 Å². The summed E-state index contributed by atoms with van der Waals surface area (Å²) >= 11 is 5.53. The molecule has 0 bridgehead atoms. The van der Waals surface area contributed by atoms with Gasteiger partial charge in [-0.15, -0.1) is 11.6 Å². The minimum atomic E-state index is -0.0777. The van der Waals surface area contributed by atoms with Gasteiger partial charge in [0, 0.05) is 5.88 Å². The van der Waals surface area contributed by atoms with Crippen LogP contribution in [0.5, 0.6) is 0 Å². The van der Waals surface area contributed by atoms with Crippen molar-refractivity contribution in [3.8, 4) is 0 Å². The normalized spacial score (nSPS) is 10.0. The van der Waals surface area contributed by atoms with Crippen molar-refractivity contribution in [3.05, 3.63) is 47.5 Å². The molecule has 1 nitrogen and oxygen atoms in total. The first kappa shape index (κ1) is 17.2. The average Bonchev–Trinajstić information content (AvgIpc) is 2.37. The second kappa shape index (κ2) is 10.2. The number of halogens is 1. The molecular weight excluding hydrogens is 244 g/mol. The summed E-state index contributed by atoms with van der Waals surface area (Å²) < 4.78 is 0. The highest BCUT2D eigenvalue weighted by atomic mass is 35.5. The Bertz CT molecular complexity index is 318. The van der Waals surface area contributed by atoms with Gasteiger partial charge in [0.25, 0.3) is 0 Å². The smallest absolute Gasteiger partial charge is 0.101 e. The van der Waals surface area contributed by atoms with Gasteiger partial charge in [-0.1, -0.05) is 69.7 Å². The van der Waals surface area contributed by atoms with E-state index in [0.29, 0.717) is 17.7 Å². The number of hydrogen-bond donors (Lipinski definition) is 0. The third-order valence-electron chi connectivity index (χ3n) is 2.65. The Kier molecular flexibility index (Phi) is 9.72. The van der Waals surface area contributed by atoms with E-state index in [1.54, 1.807) is 6.08 Å². The number of alkyl halides is 1. The lowest BCUT2D eigenvalue weighted by molar-refractivity contribution is 0.230. The molecule has 101 valence electrons. The fourth-order valence-electron chi connectivity index (χ4n) is 1.80. The van der Waals surface area contributed by atoms with E-state index in [9.17, 15) is 5.11 Å². The summed E-state index contributed by atoms with van der Waals surface area (Å²) in [5, 5.41) is 10.3. The van der Waals surface area contributed by atoms with Crippen molar-refractivity contribution < 1.29 is 5.11 Å². The second-order valence-electron chi connectivity index (χ2n) is 4.80. The fraction of sp³-hybridized carbons (Fsp3) is 0.500. The zero-order chi connectivity index (χ0) is 14.0. The number of allylic oxidation sites excluding steroid dienone is 1. The molecule has 0 aliphatic rings. The summed E-state index contributed by atoms with van der Waals surface area (Å²) in [6.45, 7) is 8.43. The monoisotopic (exact) mass is 267 g/mol. The summed E-state index contributed by atoms with van der Waals surface area (Å²) in [5.41, 5.74) is 2.46. The van der Waals surface area contributed by atoms with Gasteiger partial charge in [0.15, 0.2) is 0 Å². The van der Waals surface area contributed by atoms with E-state index in [1.165, 1.54) is 11.1 Å². The van der Waals surface area contributed by atoms with Crippen molar-refractivity contribution >= 4 is 11.6 Å². The molecule has 0 unspecified atom stereocenters. The standard InChI is InChI=1S/C9H17O.C7H7Cl/c1-7(2)9(5-6-10)8(3)4;8-6-7-4-2-1-3-5-7/h5,7-8H,6H2,1-4H3;1-5H,6H2. The molecule has 0 N–H and O–H groups in total. The average molecular weight is 268 g/mol. The highest BCUT2D eigenvalue weighted by molar-refractivity contribution is 6.17. The molecule has 0 aliphatic heterocycles. The van der Waals surface area contributed by atoms with Gasteiger partial charge in [0.05, 0.1) is 0 Å². The van der Waals surface area contributed by atoms with Crippen molar-refractivity contribution in [2.45, 2.75) is 33.6 Å². The number of hydrogen-bond acceptors (Lipinski definition) is 0. The van der Waals surface area contributed by atoms with Crippen LogP contribution in [0.3, 0.4) is 0 Å². The lowest BCUT2D eigenvalue weighted by Gasteiger charge is -2.14. The fourth-order valence-corrected chi connectivity index (χ4v) is 1.98. The zero-order valence-corrected chi connectivity index (χ0v) is 12.6. The lowest BCUT2D eigenvalue weighted by atomic mass is 9.92. The summed E-state index contributed by atoms with van der Waals surface area (Å²) in [4.78, 5) is 0. The Hall–Kier alpha value is -0.790. The molecule has 1 aromatic rings. The van der Waals surface area contributed by atoms with E-state index < -0.39 is 0 Å². The molecule has 1 radical (unpaired) electrons. The van der Waals surface area contributed by atoms with Crippen LogP contribution in [0.2, 0.25) is 0 Å². The Morgan fingerprint density at radius 2 is 1.61 bits per heavy atom. The third-order valence-corrected chi connectivity index (χ3v) is 2.96. The topological polar surface area (TPSA) is 19.9 Å². The van der Waals surface area contributed by atoms with Crippen molar-refractivity contribution in [1.82, 2.24) is 0 Å². The van der Waals surface area contributed by atoms with Gasteiger partial charge in [-0.2, -0.15) is 0 Å². The quantitative estimate of drug-likeness (QED) is 0.535. The van der Waals surface area contributed by atoms with Crippen molar-refractivity contribution in [2.75, 3.05) is 6.61 Å². The zero-order valence-electron chi connectivity index (χ0n) is 11.8. The lowest BCUT2D eigenvalue weighted by Crippen LogP contribution is -2.02. The molecule has 0 saturated heterocycles. The molecule has 0 spiro atoms. The van der Waals surface area contributed by atoms with Gasteiger partial charge in [0.1, 0.15) is 6.61 Å². The molecule has 0 amide bonds. The van der Waals surface area contributed by atoms with Crippen molar-refractivity contribution in [2.24, 2.45) is 11.8 Å². The van der Waals surface area contributed by atoms with Crippen molar-refractivity contribution in [1.29, 1.82) is 0 Å². The van der Waals surface area contributed by atoms with E-state index in [0.717, 1.165) is 0 Å². The molecule has 2 heteroatoms. The van der Waals surface area contributed by atoms with Crippen LogP contribution >= 0.6 is 11.6 Å². The predicted molar refractivity (Wildman–Crippen MR) is 79.3 cm³/mol. The van der Waals surface area contributed by atoms with Crippen LogP contribution in [0.25, 0.3) is 0 Å². The molecule has 18 heavy (non-hydrogen) atoms. The van der Waals surface area contributed by atoms with Crippen LogP contribution in [0.4, 0.5) is 0 Å². The molecular formula is C16H24ClO.